The number of nitrogens with one attached hydrogen (secondary N) is 6. The van der Waals surface area contributed by atoms with E-state index in [0.29, 0.717) is 5.70 Å². The topological polar surface area (TPSA) is 238 Å². The summed E-state index contributed by atoms with van der Waals surface area (Å²) in [6.07, 6.45) is -0.730. The largest absolute Gasteiger partial charge is 0.322 e. The molecular formula is C3H19N15. The second kappa shape index (κ2) is 6.55. The van der Waals surface area contributed by atoms with Crippen LogP contribution in [0.3, 0.4) is 0 Å². The number of hydrazine groups is 11. The minimum Gasteiger partial charge on any atom is -0.322 e. The Morgan fingerprint density at radius 3 is 1.83 bits per heavy atom. The SMILES string of the molecule is NNC1=C(NN)N(NN)N(NN)N(NN)C1NN. The highest BCUT2D eigenvalue weighted by atomic mass is 16.2. The van der Waals surface area contributed by atoms with Crippen LogP contribution in [-0.4, -0.2) is 21.6 Å². The maximum absolute atomic E-state index is 5.40. The molecule has 1 heterocycles. The third-order valence-electron chi connectivity index (χ3n) is 2.20. The van der Waals surface area contributed by atoms with Gasteiger partial charge in [-0.1, -0.05) is 0 Å². The summed E-state index contributed by atoms with van der Waals surface area (Å²) >= 11 is 0. The molecule has 0 saturated heterocycles. The zero-order valence-electron chi connectivity index (χ0n) is 9.38. The molecule has 0 fully saturated rings. The summed E-state index contributed by atoms with van der Waals surface area (Å²) in [5.41, 5.74) is 14.4. The second-order valence-electron chi connectivity index (χ2n) is 2.95. The molecule has 0 aliphatic carbocycles. The molecular weight excluding hydrogens is 246 g/mol. The van der Waals surface area contributed by atoms with E-state index in [2.05, 4.69) is 32.9 Å². The van der Waals surface area contributed by atoms with Crippen molar-refractivity contribution in [2.45, 2.75) is 6.17 Å². The highest BCUT2D eigenvalue weighted by molar-refractivity contribution is 5.15. The third-order valence-corrected chi connectivity index (χ3v) is 2.20. The van der Waals surface area contributed by atoms with Crippen molar-refractivity contribution in [1.82, 2.24) is 48.3 Å². The van der Waals surface area contributed by atoms with Crippen LogP contribution in [0.2, 0.25) is 0 Å². The van der Waals surface area contributed by atoms with Crippen molar-refractivity contribution in [3.8, 4) is 0 Å². The molecule has 0 aromatic carbocycles. The molecule has 1 aliphatic rings. The standard InChI is InChI=1S/C3H19N15/c4-10-1-2(11-5)16(13-7)18(15-9)17(14-8)3(1)12-6/h2,10-15H,4-9H2. The van der Waals surface area contributed by atoms with Gasteiger partial charge in [-0.25, -0.2) is 11.3 Å². The number of nitrogens with two attached hydrogens (primary N) is 6. The van der Waals surface area contributed by atoms with Crippen LogP contribution >= 0.6 is 0 Å². The minimum absolute atomic E-state index is 0.229. The van der Waals surface area contributed by atoms with Crippen molar-refractivity contribution in [1.29, 1.82) is 0 Å². The molecule has 0 radical (unpaired) electrons. The van der Waals surface area contributed by atoms with E-state index in [-0.39, 0.29) is 5.82 Å². The Kier molecular flexibility index (Phi) is 5.36. The summed E-state index contributed by atoms with van der Waals surface area (Å²) in [7, 11) is 0. The normalized spacial score (nSPS) is 22.6. The third kappa shape index (κ3) is 2.28. The highest BCUT2D eigenvalue weighted by Gasteiger charge is 2.39. The highest BCUT2D eigenvalue weighted by Crippen LogP contribution is 2.17. The van der Waals surface area contributed by atoms with Gasteiger partial charge >= 0.3 is 0 Å². The van der Waals surface area contributed by atoms with Crippen molar-refractivity contribution in [2.24, 2.45) is 35.1 Å². The molecule has 0 amide bonds. The van der Waals surface area contributed by atoms with Gasteiger partial charge in [-0.15, -0.1) is 5.12 Å². The smallest absolute Gasteiger partial charge is 0.175 e. The van der Waals surface area contributed by atoms with E-state index in [1.807, 2.05) is 0 Å². The van der Waals surface area contributed by atoms with E-state index in [1.54, 1.807) is 0 Å². The molecule has 0 saturated carbocycles. The monoisotopic (exact) mass is 265 g/mol. The van der Waals surface area contributed by atoms with E-state index in [9.17, 15) is 0 Å². The van der Waals surface area contributed by atoms with Crippen molar-refractivity contribution >= 4 is 0 Å². The lowest BCUT2D eigenvalue weighted by molar-refractivity contribution is -0.283. The zero-order chi connectivity index (χ0) is 13.7. The van der Waals surface area contributed by atoms with E-state index >= 15 is 0 Å². The van der Waals surface area contributed by atoms with Crippen molar-refractivity contribution in [2.75, 3.05) is 0 Å². The molecule has 1 unspecified atom stereocenters. The first-order valence-corrected chi connectivity index (χ1v) is 4.61. The molecule has 106 valence electrons. The molecule has 15 heteroatoms. The first-order valence-electron chi connectivity index (χ1n) is 4.61. The Morgan fingerprint density at radius 2 is 1.50 bits per heavy atom. The number of hydrogen-bond donors (Lipinski definition) is 12. The molecule has 18 heavy (non-hydrogen) atoms. The maximum atomic E-state index is 5.40. The lowest BCUT2D eigenvalue weighted by Gasteiger charge is -2.47. The van der Waals surface area contributed by atoms with Crippen molar-refractivity contribution in [3.63, 3.8) is 0 Å². The average Bonchev–Trinajstić information content (AvgIpc) is 2.43. The molecule has 15 nitrogen and oxygen atoms in total. The summed E-state index contributed by atoms with van der Waals surface area (Å²) in [6, 6.07) is 0. The fourth-order valence-electron chi connectivity index (χ4n) is 1.47. The molecule has 1 rings (SSSR count). The quantitative estimate of drug-likeness (QED) is 0.158. The van der Waals surface area contributed by atoms with Crippen LogP contribution in [0.15, 0.2) is 11.5 Å². The Balaban J connectivity index is 3.25. The predicted molar refractivity (Wildman–Crippen MR) is 60.3 cm³/mol. The Hall–Kier alpha value is -1.34. The number of nitrogens with zero attached hydrogens (tertiary/aromatic N) is 3. The fraction of sp³-hybridized carbons (Fsp3) is 0.333. The van der Waals surface area contributed by atoms with Gasteiger partial charge in [0.25, 0.3) is 0 Å². The zero-order valence-corrected chi connectivity index (χ0v) is 9.38. The molecule has 18 N–H and O–H groups in total. The Morgan fingerprint density at radius 1 is 0.833 bits per heavy atom. The molecule has 0 aromatic rings. The summed E-state index contributed by atoms with van der Waals surface area (Å²) in [6.45, 7) is 0. The van der Waals surface area contributed by atoms with Gasteiger partial charge in [0.2, 0.25) is 0 Å². The number of hydrogen-bond acceptors (Lipinski definition) is 15. The van der Waals surface area contributed by atoms with Gasteiger partial charge < -0.3 is 10.9 Å². The first kappa shape index (κ1) is 14.7. The lowest BCUT2D eigenvalue weighted by Crippen LogP contribution is -2.79. The average molecular weight is 265 g/mol. The van der Waals surface area contributed by atoms with Gasteiger partial charge in [0.1, 0.15) is 5.70 Å². The van der Waals surface area contributed by atoms with Gasteiger partial charge in [0.05, 0.1) is 0 Å². The summed E-state index contributed by atoms with van der Waals surface area (Å²) in [5.74, 6) is 32.5. The first-order chi connectivity index (χ1) is 8.69. The lowest BCUT2D eigenvalue weighted by atomic mass is 10.3. The van der Waals surface area contributed by atoms with Crippen LogP contribution in [0.4, 0.5) is 0 Å². The molecule has 1 atom stereocenters. The van der Waals surface area contributed by atoms with E-state index in [4.69, 9.17) is 35.1 Å². The fourth-order valence-corrected chi connectivity index (χ4v) is 1.47. The van der Waals surface area contributed by atoms with Gasteiger partial charge in [-0.3, -0.25) is 29.2 Å². The van der Waals surface area contributed by atoms with Gasteiger partial charge in [0, 0.05) is 0 Å². The minimum atomic E-state index is -0.730. The number of rotatable bonds is 6. The van der Waals surface area contributed by atoms with E-state index < -0.39 is 6.17 Å². The van der Waals surface area contributed by atoms with E-state index in [1.165, 1.54) is 5.12 Å². The van der Waals surface area contributed by atoms with Gasteiger partial charge in [-0.05, 0) is 5.23 Å². The van der Waals surface area contributed by atoms with Crippen LogP contribution in [-0.2, 0) is 0 Å². The Bertz CT molecular complexity index is 257. The van der Waals surface area contributed by atoms with Gasteiger partial charge in [0.15, 0.2) is 12.0 Å². The van der Waals surface area contributed by atoms with Crippen molar-refractivity contribution in [3.05, 3.63) is 11.5 Å². The van der Waals surface area contributed by atoms with Crippen LogP contribution in [0.1, 0.15) is 0 Å². The predicted octanol–water partition coefficient (Wildman–Crippen LogP) is -7.24. The van der Waals surface area contributed by atoms with Crippen molar-refractivity contribution < 1.29 is 0 Å². The molecule has 0 aromatic heterocycles. The summed E-state index contributed by atoms with van der Waals surface area (Å²) in [5, 5.41) is 3.50. The van der Waals surface area contributed by atoms with Crippen LogP contribution in [0, 0.1) is 0 Å². The van der Waals surface area contributed by atoms with Gasteiger partial charge in [-0.2, -0.15) is 21.7 Å². The molecule has 1 aliphatic heterocycles. The maximum Gasteiger partial charge on any atom is 0.175 e. The summed E-state index contributed by atoms with van der Waals surface area (Å²) < 4.78 is 0. The summed E-state index contributed by atoms with van der Waals surface area (Å²) in [4.78, 5) is 0. The Labute approximate surface area is 102 Å². The van der Waals surface area contributed by atoms with Crippen LogP contribution in [0.5, 0.6) is 0 Å². The van der Waals surface area contributed by atoms with Crippen LogP contribution < -0.4 is 67.9 Å². The molecule has 0 bridgehead atoms. The van der Waals surface area contributed by atoms with E-state index in [0.717, 1.165) is 10.3 Å². The van der Waals surface area contributed by atoms with Crippen LogP contribution in [0.25, 0.3) is 0 Å². The second-order valence-corrected chi connectivity index (χ2v) is 2.95. The molecule has 0 spiro atoms.